The van der Waals surface area contributed by atoms with Crippen LogP contribution < -0.4 is 5.32 Å². The first-order chi connectivity index (χ1) is 6.34. The largest absolute Gasteiger partial charge is 0.337 e. The summed E-state index contributed by atoms with van der Waals surface area (Å²) in [5, 5.41) is 3.27. The molecule has 1 saturated heterocycles. The van der Waals surface area contributed by atoms with Crippen LogP contribution in [0.2, 0.25) is 0 Å². The molecule has 0 bridgehead atoms. The normalized spacial score (nSPS) is 27.1. The fourth-order valence-electron chi connectivity index (χ4n) is 1.80. The van der Waals surface area contributed by atoms with Crippen molar-refractivity contribution in [3.63, 3.8) is 0 Å². The van der Waals surface area contributed by atoms with Gasteiger partial charge in [0.1, 0.15) is 0 Å². The van der Waals surface area contributed by atoms with Crippen LogP contribution in [-0.2, 0) is 4.79 Å². The monoisotopic (exact) mass is 198 g/mol. The van der Waals surface area contributed by atoms with Gasteiger partial charge in [0.05, 0.1) is 5.54 Å². The van der Waals surface area contributed by atoms with Crippen molar-refractivity contribution in [2.24, 2.45) is 5.92 Å². The second-order valence-corrected chi connectivity index (χ2v) is 5.21. The third-order valence-electron chi connectivity index (χ3n) is 2.73. The molecule has 1 atom stereocenters. The molecule has 1 aliphatic rings. The summed E-state index contributed by atoms with van der Waals surface area (Å²) in [5.74, 6) is 0.764. The molecule has 0 spiro atoms. The Bertz CT molecular complexity index is 223. The van der Waals surface area contributed by atoms with E-state index in [0.29, 0.717) is 12.0 Å². The smallest absolute Gasteiger partial charge is 0.242 e. The van der Waals surface area contributed by atoms with Crippen LogP contribution in [0, 0.1) is 5.92 Å². The van der Waals surface area contributed by atoms with Crippen LogP contribution in [0.3, 0.4) is 0 Å². The van der Waals surface area contributed by atoms with Crippen molar-refractivity contribution in [3.05, 3.63) is 0 Å². The van der Waals surface area contributed by atoms with E-state index in [1.165, 1.54) is 0 Å². The van der Waals surface area contributed by atoms with Gasteiger partial charge in [-0.2, -0.15) is 0 Å². The Kier molecular flexibility index (Phi) is 3.20. The number of nitrogens with zero attached hydrogens (tertiary/aromatic N) is 1. The van der Waals surface area contributed by atoms with Crippen LogP contribution >= 0.6 is 0 Å². The van der Waals surface area contributed by atoms with E-state index in [0.717, 1.165) is 13.1 Å². The van der Waals surface area contributed by atoms with Gasteiger partial charge in [0.25, 0.3) is 0 Å². The van der Waals surface area contributed by atoms with Crippen LogP contribution in [0.15, 0.2) is 0 Å². The van der Waals surface area contributed by atoms with Gasteiger partial charge in [-0.1, -0.05) is 13.8 Å². The van der Waals surface area contributed by atoms with E-state index in [4.69, 9.17) is 0 Å². The van der Waals surface area contributed by atoms with Gasteiger partial charge in [0.15, 0.2) is 0 Å². The molecule has 0 aromatic heterocycles. The van der Waals surface area contributed by atoms with Crippen molar-refractivity contribution in [2.45, 2.75) is 46.2 Å². The van der Waals surface area contributed by atoms with Crippen LogP contribution in [0.4, 0.5) is 0 Å². The number of hydrogen-bond acceptors (Lipinski definition) is 2. The lowest BCUT2D eigenvalue weighted by molar-refractivity contribution is -0.143. The third-order valence-corrected chi connectivity index (χ3v) is 2.73. The number of amides is 1. The quantitative estimate of drug-likeness (QED) is 0.724. The minimum atomic E-state index is -0.387. The van der Waals surface area contributed by atoms with Crippen LogP contribution in [-0.4, -0.2) is 35.5 Å². The van der Waals surface area contributed by atoms with Gasteiger partial charge in [0, 0.05) is 19.1 Å². The maximum atomic E-state index is 12.1. The lowest BCUT2D eigenvalue weighted by atomic mass is 9.97. The summed E-state index contributed by atoms with van der Waals surface area (Å²) in [6.45, 7) is 12.1. The molecule has 82 valence electrons. The summed E-state index contributed by atoms with van der Waals surface area (Å²) in [6.07, 6.45) is 0. The molecule has 0 aromatic rings. The Labute approximate surface area is 86.9 Å². The predicted molar refractivity (Wildman–Crippen MR) is 58.1 cm³/mol. The molecule has 0 aliphatic carbocycles. The number of carbonyl (C=O) groups excluding carboxylic acids is 1. The van der Waals surface area contributed by atoms with E-state index in [-0.39, 0.29) is 11.4 Å². The van der Waals surface area contributed by atoms with Crippen molar-refractivity contribution in [1.29, 1.82) is 0 Å². The van der Waals surface area contributed by atoms with E-state index < -0.39 is 0 Å². The van der Waals surface area contributed by atoms with E-state index in [9.17, 15) is 4.79 Å². The van der Waals surface area contributed by atoms with Gasteiger partial charge >= 0.3 is 0 Å². The molecule has 0 radical (unpaired) electrons. The first-order valence-corrected chi connectivity index (χ1v) is 5.40. The first-order valence-electron chi connectivity index (χ1n) is 5.40. The highest BCUT2D eigenvalue weighted by Gasteiger charge is 2.38. The zero-order valence-electron chi connectivity index (χ0n) is 9.92. The zero-order valence-corrected chi connectivity index (χ0v) is 9.92. The Hall–Kier alpha value is -0.570. The molecule has 0 saturated carbocycles. The van der Waals surface area contributed by atoms with Crippen molar-refractivity contribution >= 4 is 5.91 Å². The van der Waals surface area contributed by atoms with E-state index in [2.05, 4.69) is 26.1 Å². The summed E-state index contributed by atoms with van der Waals surface area (Å²) in [6, 6.07) is 0.318. The molecular formula is C11H22N2O. The standard InChI is InChI=1S/C11H22N2O/c1-8(2)7-13-9(3)6-12-11(4,5)10(13)14/h8-9,12H,6-7H2,1-5H3. The van der Waals surface area contributed by atoms with Crippen LogP contribution in [0.25, 0.3) is 0 Å². The van der Waals surface area contributed by atoms with Gasteiger partial charge in [-0.15, -0.1) is 0 Å². The number of nitrogens with one attached hydrogen (secondary N) is 1. The molecule has 14 heavy (non-hydrogen) atoms. The predicted octanol–water partition coefficient (Wildman–Crippen LogP) is 1.24. The fraction of sp³-hybridized carbons (Fsp3) is 0.909. The fourth-order valence-corrected chi connectivity index (χ4v) is 1.80. The minimum absolute atomic E-state index is 0.227. The molecule has 3 nitrogen and oxygen atoms in total. The van der Waals surface area contributed by atoms with E-state index in [1.807, 2.05) is 18.7 Å². The maximum Gasteiger partial charge on any atom is 0.242 e. The highest BCUT2D eigenvalue weighted by Crippen LogP contribution is 2.17. The van der Waals surface area contributed by atoms with Gasteiger partial charge in [-0.05, 0) is 26.7 Å². The number of hydrogen-bond donors (Lipinski definition) is 1. The summed E-state index contributed by atoms with van der Waals surface area (Å²) in [5.41, 5.74) is -0.387. The average Bonchev–Trinajstić information content (AvgIpc) is 2.06. The zero-order chi connectivity index (χ0) is 10.9. The molecule has 1 amide bonds. The number of piperazine rings is 1. The summed E-state index contributed by atoms with van der Waals surface area (Å²) >= 11 is 0. The Morgan fingerprint density at radius 3 is 2.64 bits per heavy atom. The van der Waals surface area contributed by atoms with Gasteiger partial charge < -0.3 is 10.2 Å². The van der Waals surface area contributed by atoms with Gasteiger partial charge in [-0.3, -0.25) is 4.79 Å². The van der Waals surface area contributed by atoms with Gasteiger partial charge in [-0.25, -0.2) is 0 Å². The summed E-state index contributed by atoms with van der Waals surface area (Å²) < 4.78 is 0. The van der Waals surface area contributed by atoms with Crippen LogP contribution in [0.5, 0.6) is 0 Å². The summed E-state index contributed by atoms with van der Waals surface area (Å²) in [4.78, 5) is 14.1. The Balaban J connectivity index is 2.74. The van der Waals surface area contributed by atoms with Gasteiger partial charge in [0.2, 0.25) is 5.91 Å². The topological polar surface area (TPSA) is 32.3 Å². The number of carbonyl (C=O) groups is 1. The molecule has 3 heteroatoms. The van der Waals surface area contributed by atoms with Crippen molar-refractivity contribution in [2.75, 3.05) is 13.1 Å². The van der Waals surface area contributed by atoms with E-state index >= 15 is 0 Å². The lowest BCUT2D eigenvalue weighted by Gasteiger charge is -2.43. The molecule has 1 N–H and O–H groups in total. The molecule has 1 heterocycles. The lowest BCUT2D eigenvalue weighted by Crippen LogP contribution is -2.65. The highest BCUT2D eigenvalue weighted by molar-refractivity contribution is 5.86. The summed E-state index contributed by atoms with van der Waals surface area (Å²) in [7, 11) is 0. The second-order valence-electron chi connectivity index (χ2n) is 5.21. The molecule has 0 aromatic carbocycles. The molecule has 1 fully saturated rings. The third kappa shape index (κ3) is 2.27. The SMILES string of the molecule is CC(C)CN1C(=O)C(C)(C)NCC1C. The minimum Gasteiger partial charge on any atom is -0.337 e. The molecular weight excluding hydrogens is 176 g/mol. The molecule has 1 unspecified atom stereocenters. The van der Waals surface area contributed by atoms with Crippen molar-refractivity contribution < 1.29 is 4.79 Å². The van der Waals surface area contributed by atoms with E-state index in [1.54, 1.807) is 0 Å². The Morgan fingerprint density at radius 1 is 1.57 bits per heavy atom. The van der Waals surface area contributed by atoms with Crippen molar-refractivity contribution in [3.8, 4) is 0 Å². The Morgan fingerprint density at radius 2 is 2.14 bits per heavy atom. The maximum absolute atomic E-state index is 12.1. The first kappa shape index (κ1) is 11.5. The van der Waals surface area contributed by atoms with Crippen LogP contribution in [0.1, 0.15) is 34.6 Å². The highest BCUT2D eigenvalue weighted by atomic mass is 16.2. The number of rotatable bonds is 2. The average molecular weight is 198 g/mol. The molecule has 1 rings (SSSR count). The molecule has 1 aliphatic heterocycles. The second kappa shape index (κ2) is 3.89. The van der Waals surface area contributed by atoms with Crippen molar-refractivity contribution in [1.82, 2.24) is 10.2 Å².